The van der Waals surface area contributed by atoms with Gasteiger partial charge in [0.15, 0.2) is 0 Å². The van der Waals surface area contributed by atoms with Crippen LogP contribution in [0, 0.1) is 11.8 Å². The van der Waals surface area contributed by atoms with E-state index < -0.39 is 54.5 Å². The minimum atomic E-state index is -1.15. The van der Waals surface area contributed by atoms with Gasteiger partial charge in [-0.15, -0.1) is 0 Å². The number of nitrogens with two attached hydrogens (primary N) is 1. The molecule has 10 heteroatoms. The molecule has 0 radical (unpaired) electrons. The predicted octanol–water partition coefficient (Wildman–Crippen LogP) is -0.947. The summed E-state index contributed by atoms with van der Waals surface area (Å²) in [6, 6.07) is -3.91. The number of hydrogen-bond acceptors (Lipinski definition) is 6. The molecule has 1 rings (SSSR count). The molecule has 1 aliphatic heterocycles. The molecule has 5 unspecified atom stereocenters. The fourth-order valence-corrected chi connectivity index (χ4v) is 3.27. The van der Waals surface area contributed by atoms with Crippen LogP contribution in [-0.4, -0.2) is 76.1 Å². The van der Waals surface area contributed by atoms with Crippen molar-refractivity contribution in [1.29, 1.82) is 0 Å². The molecule has 0 aromatic rings. The van der Waals surface area contributed by atoms with Gasteiger partial charge in [0, 0.05) is 6.54 Å². The summed E-state index contributed by atoms with van der Waals surface area (Å²) in [6.45, 7) is 6.92. The van der Waals surface area contributed by atoms with Crippen LogP contribution in [0.4, 0.5) is 0 Å². The molecule has 0 saturated carbocycles. The Bertz CT molecular complexity index is 612. The highest BCUT2D eigenvalue weighted by Crippen LogP contribution is 2.20. The van der Waals surface area contributed by atoms with Gasteiger partial charge in [0.2, 0.25) is 17.7 Å². The predicted molar refractivity (Wildman–Crippen MR) is 106 cm³/mol. The summed E-state index contributed by atoms with van der Waals surface area (Å²) in [5.74, 6) is -3.24. The van der Waals surface area contributed by atoms with Crippen LogP contribution >= 0.6 is 0 Å². The van der Waals surface area contributed by atoms with E-state index in [1.54, 1.807) is 20.8 Å². The smallest absolute Gasteiger partial charge is 0.326 e. The number of amides is 3. The van der Waals surface area contributed by atoms with Gasteiger partial charge in [0.25, 0.3) is 0 Å². The van der Waals surface area contributed by atoms with Crippen LogP contribution in [0.5, 0.6) is 0 Å². The highest BCUT2D eigenvalue weighted by molar-refractivity contribution is 5.94. The molecule has 1 fully saturated rings. The van der Waals surface area contributed by atoms with Gasteiger partial charge in [-0.2, -0.15) is 0 Å². The lowest BCUT2D eigenvalue weighted by Gasteiger charge is -2.32. The minimum absolute atomic E-state index is 0.244. The summed E-state index contributed by atoms with van der Waals surface area (Å²) >= 11 is 0. The van der Waals surface area contributed by atoms with E-state index in [0.29, 0.717) is 25.8 Å². The van der Waals surface area contributed by atoms with Crippen molar-refractivity contribution in [3.05, 3.63) is 0 Å². The topological polar surface area (TPSA) is 162 Å². The quantitative estimate of drug-likeness (QED) is 0.308. The van der Waals surface area contributed by atoms with E-state index in [4.69, 9.17) is 10.8 Å². The number of nitrogens with zero attached hydrogens (tertiary/aromatic N) is 1. The first-order valence-corrected chi connectivity index (χ1v) is 10.1. The summed E-state index contributed by atoms with van der Waals surface area (Å²) in [5, 5.41) is 23.6. The zero-order valence-electron chi connectivity index (χ0n) is 17.6. The van der Waals surface area contributed by atoms with Crippen molar-refractivity contribution in [2.24, 2.45) is 17.6 Å². The normalized spacial score (nSPS) is 20.7. The van der Waals surface area contributed by atoms with Crippen LogP contribution in [0.1, 0.15) is 47.0 Å². The Labute approximate surface area is 171 Å². The number of carboxylic acids is 1. The Kier molecular flexibility index (Phi) is 9.51. The van der Waals surface area contributed by atoms with Gasteiger partial charge >= 0.3 is 5.97 Å². The lowest BCUT2D eigenvalue weighted by molar-refractivity contribution is -0.150. The molecule has 5 atom stereocenters. The van der Waals surface area contributed by atoms with Gasteiger partial charge in [0.1, 0.15) is 24.2 Å². The number of aliphatic hydroxyl groups excluding tert-OH is 1. The van der Waals surface area contributed by atoms with Gasteiger partial charge in [-0.1, -0.05) is 34.1 Å². The Morgan fingerprint density at radius 2 is 1.69 bits per heavy atom. The average Bonchev–Trinajstić information content (AvgIpc) is 3.17. The molecule has 1 aliphatic rings. The Morgan fingerprint density at radius 3 is 2.17 bits per heavy atom. The Hall–Kier alpha value is -2.20. The fourth-order valence-electron chi connectivity index (χ4n) is 3.27. The second-order valence-corrected chi connectivity index (χ2v) is 7.92. The molecule has 1 saturated heterocycles. The number of carbonyl (C=O) groups excluding carboxylic acids is 3. The summed E-state index contributed by atoms with van der Waals surface area (Å²) in [6.07, 6.45) is 1.55. The highest BCUT2D eigenvalue weighted by atomic mass is 16.4. The Morgan fingerprint density at radius 1 is 1.10 bits per heavy atom. The lowest BCUT2D eigenvalue weighted by atomic mass is 9.96. The van der Waals surface area contributed by atoms with E-state index in [0.717, 1.165) is 0 Å². The van der Waals surface area contributed by atoms with Crippen LogP contribution in [0.15, 0.2) is 0 Å². The van der Waals surface area contributed by atoms with E-state index in [1.807, 2.05) is 6.92 Å². The van der Waals surface area contributed by atoms with E-state index in [2.05, 4.69) is 10.6 Å². The molecule has 0 aromatic heterocycles. The van der Waals surface area contributed by atoms with Crippen LogP contribution in [-0.2, 0) is 19.2 Å². The van der Waals surface area contributed by atoms with Crippen molar-refractivity contribution < 1.29 is 29.4 Å². The second-order valence-electron chi connectivity index (χ2n) is 7.92. The standard InChI is InChI=1S/C19H34N4O6/c1-5-11(4)15(22-16(25)12(20)9-24)17(26)21-14(10(2)3)18(27)23-8-6-7-13(23)19(28)29/h10-15,24H,5-9,20H2,1-4H3,(H,21,26)(H,22,25)(H,28,29). The van der Waals surface area contributed by atoms with E-state index in [9.17, 15) is 24.3 Å². The maximum absolute atomic E-state index is 13.0. The average molecular weight is 415 g/mol. The number of rotatable bonds is 10. The van der Waals surface area contributed by atoms with Crippen LogP contribution in [0.3, 0.4) is 0 Å². The molecule has 6 N–H and O–H groups in total. The molecule has 29 heavy (non-hydrogen) atoms. The second kappa shape index (κ2) is 11.1. The largest absolute Gasteiger partial charge is 0.480 e. The molecule has 0 aliphatic carbocycles. The maximum atomic E-state index is 13.0. The first kappa shape index (κ1) is 24.8. The van der Waals surface area contributed by atoms with Gasteiger partial charge < -0.3 is 31.5 Å². The van der Waals surface area contributed by atoms with Gasteiger partial charge in [-0.05, 0) is 24.7 Å². The number of carbonyl (C=O) groups is 4. The summed E-state index contributed by atoms with van der Waals surface area (Å²) in [7, 11) is 0. The number of nitrogens with one attached hydrogen (secondary N) is 2. The third-order valence-electron chi connectivity index (χ3n) is 5.38. The van der Waals surface area contributed by atoms with Crippen LogP contribution < -0.4 is 16.4 Å². The zero-order valence-corrected chi connectivity index (χ0v) is 17.6. The molecule has 0 bridgehead atoms. The molecule has 0 spiro atoms. The highest BCUT2D eigenvalue weighted by Gasteiger charge is 2.39. The van der Waals surface area contributed by atoms with Crippen molar-refractivity contribution in [3.8, 4) is 0 Å². The van der Waals surface area contributed by atoms with Crippen molar-refractivity contribution in [1.82, 2.24) is 15.5 Å². The third-order valence-corrected chi connectivity index (χ3v) is 5.38. The lowest BCUT2D eigenvalue weighted by Crippen LogP contribution is -2.60. The fraction of sp³-hybridized carbons (Fsp3) is 0.789. The summed E-state index contributed by atoms with van der Waals surface area (Å²) in [5.41, 5.74) is 5.52. The van der Waals surface area contributed by atoms with Crippen LogP contribution in [0.25, 0.3) is 0 Å². The molecule has 0 aromatic carbocycles. The van der Waals surface area contributed by atoms with Crippen molar-refractivity contribution in [2.45, 2.75) is 71.1 Å². The first-order chi connectivity index (χ1) is 13.5. The van der Waals surface area contributed by atoms with Crippen molar-refractivity contribution in [2.75, 3.05) is 13.2 Å². The van der Waals surface area contributed by atoms with E-state index in [-0.39, 0.29) is 11.8 Å². The molecular weight excluding hydrogens is 380 g/mol. The monoisotopic (exact) mass is 414 g/mol. The number of hydrogen-bond donors (Lipinski definition) is 5. The third kappa shape index (κ3) is 6.40. The summed E-state index contributed by atoms with van der Waals surface area (Å²) < 4.78 is 0. The van der Waals surface area contributed by atoms with Crippen molar-refractivity contribution in [3.63, 3.8) is 0 Å². The first-order valence-electron chi connectivity index (χ1n) is 10.1. The molecule has 3 amide bonds. The molecule has 166 valence electrons. The molecule has 1 heterocycles. The number of carboxylic acid groups (broad SMARTS) is 1. The number of likely N-dealkylation sites (tertiary alicyclic amines) is 1. The SMILES string of the molecule is CCC(C)C(NC(=O)C(N)CO)C(=O)NC(C(=O)N1CCCC1C(=O)O)C(C)C. The van der Waals surface area contributed by atoms with Crippen LogP contribution in [0.2, 0.25) is 0 Å². The molecule has 10 nitrogen and oxygen atoms in total. The maximum Gasteiger partial charge on any atom is 0.326 e. The molecular formula is C19H34N4O6. The summed E-state index contributed by atoms with van der Waals surface area (Å²) in [4.78, 5) is 50.7. The number of aliphatic carboxylic acids is 1. The number of aliphatic hydroxyl groups is 1. The Balaban J connectivity index is 2.99. The van der Waals surface area contributed by atoms with Gasteiger partial charge in [0.05, 0.1) is 6.61 Å². The zero-order chi connectivity index (χ0) is 22.3. The van der Waals surface area contributed by atoms with E-state index >= 15 is 0 Å². The van der Waals surface area contributed by atoms with Crippen molar-refractivity contribution >= 4 is 23.7 Å². The minimum Gasteiger partial charge on any atom is -0.480 e. The van der Waals surface area contributed by atoms with Gasteiger partial charge in [-0.3, -0.25) is 14.4 Å². The van der Waals surface area contributed by atoms with E-state index in [1.165, 1.54) is 4.90 Å². The van der Waals surface area contributed by atoms with Gasteiger partial charge in [-0.25, -0.2) is 4.79 Å².